The lowest BCUT2D eigenvalue weighted by atomic mass is 9.92. The molecule has 0 aliphatic heterocycles. The summed E-state index contributed by atoms with van der Waals surface area (Å²) < 4.78 is 28.0. The summed E-state index contributed by atoms with van der Waals surface area (Å²) in [7, 11) is -4.00. The summed E-state index contributed by atoms with van der Waals surface area (Å²) in [6.45, 7) is 3.69. The standard InChI is InChI=1S/C20H25N3O5S/c1-13-7-9-16(14(2)11-13)22-29(27,28)15-8-10-17(19(12-15)23(25)26)21-18-5-3-4-6-20(18)24/h7-12,18,20-22,24H,3-6H2,1-2H3/t18-,20+/m0/s1. The van der Waals surface area contributed by atoms with Crippen molar-refractivity contribution >= 4 is 27.1 Å². The average Bonchev–Trinajstić information content (AvgIpc) is 2.66. The van der Waals surface area contributed by atoms with E-state index in [1.165, 1.54) is 12.1 Å². The van der Waals surface area contributed by atoms with E-state index in [1.54, 1.807) is 19.1 Å². The molecule has 3 rings (SSSR count). The normalized spacial score (nSPS) is 19.6. The Morgan fingerprint density at radius 3 is 2.41 bits per heavy atom. The summed E-state index contributed by atoms with van der Waals surface area (Å²) in [6.07, 6.45) is 2.60. The van der Waals surface area contributed by atoms with Gasteiger partial charge >= 0.3 is 0 Å². The molecule has 0 bridgehead atoms. The van der Waals surface area contributed by atoms with Gasteiger partial charge in [-0.1, -0.05) is 30.5 Å². The Labute approximate surface area is 170 Å². The predicted octanol–water partition coefficient (Wildman–Crippen LogP) is 3.73. The molecule has 1 fully saturated rings. The summed E-state index contributed by atoms with van der Waals surface area (Å²) in [5, 5.41) is 24.7. The van der Waals surface area contributed by atoms with Crippen molar-refractivity contribution in [3.63, 3.8) is 0 Å². The molecule has 8 nitrogen and oxygen atoms in total. The summed E-state index contributed by atoms with van der Waals surface area (Å²) in [5.41, 5.74) is 2.04. The van der Waals surface area contributed by atoms with E-state index in [9.17, 15) is 23.6 Å². The Kier molecular flexibility index (Phi) is 6.09. The monoisotopic (exact) mass is 419 g/mol. The summed E-state index contributed by atoms with van der Waals surface area (Å²) in [5.74, 6) is 0. The van der Waals surface area contributed by atoms with E-state index in [1.807, 2.05) is 13.0 Å². The van der Waals surface area contributed by atoms with Crippen LogP contribution in [0, 0.1) is 24.0 Å². The van der Waals surface area contributed by atoms with Gasteiger partial charge in [0.25, 0.3) is 15.7 Å². The van der Waals surface area contributed by atoms with E-state index in [0.29, 0.717) is 18.5 Å². The van der Waals surface area contributed by atoms with Crippen molar-refractivity contribution in [2.75, 3.05) is 10.0 Å². The highest BCUT2D eigenvalue weighted by molar-refractivity contribution is 7.92. The molecule has 2 aromatic rings. The van der Waals surface area contributed by atoms with Gasteiger partial charge in [-0.05, 0) is 50.5 Å². The molecule has 1 aliphatic rings. The van der Waals surface area contributed by atoms with Crippen LogP contribution in [0.25, 0.3) is 0 Å². The molecule has 1 saturated carbocycles. The zero-order valence-corrected chi connectivity index (χ0v) is 17.2. The molecule has 0 aromatic heterocycles. The maximum atomic E-state index is 12.8. The Bertz CT molecular complexity index is 1020. The van der Waals surface area contributed by atoms with Crippen molar-refractivity contribution in [3.8, 4) is 0 Å². The van der Waals surface area contributed by atoms with Gasteiger partial charge in [0.2, 0.25) is 0 Å². The van der Waals surface area contributed by atoms with Gasteiger partial charge in [0, 0.05) is 6.07 Å². The van der Waals surface area contributed by atoms with Crippen LogP contribution in [0.1, 0.15) is 36.8 Å². The Hall–Kier alpha value is -2.65. The van der Waals surface area contributed by atoms with Crippen molar-refractivity contribution < 1.29 is 18.4 Å². The van der Waals surface area contributed by atoms with Crippen molar-refractivity contribution in [1.29, 1.82) is 0 Å². The number of aryl methyl sites for hydroxylation is 2. The van der Waals surface area contributed by atoms with Crippen LogP contribution in [0.4, 0.5) is 17.1 Å². The van der Waals surface area contributed by atoms with Gasteiger partial charge in [0.15, 0.2) is 0 Å². The molecule has 29 heavy (non-hydrogen) atoms. The van der Waals surface area contributed by atoms with Crippen LogP contribution in [0.2, 0.25) is 0 Å². The second-order valence-electron chi connectivity index (χ2n) is 7.46. The molecule has 2 atom stereocenters. The number of sulfonamides is 1. The third kappa shape index (κ3) is 4.86. The molecule has 0 saturated heterocycles. The molecule has 0 amide bonds. The van der Waals surface area contributed by atoms with E-state index in [4.69, 9.17) is 0 Å². The molecule has 156 valence electrons. The third-order valence-corrected chi connectivity index (χ3v) is 6.54. The fourth-order valence-electron chi connectivity index (χ4n) is 3.56. The van der Waals surface area contributed by atoms with Crippen LogP contribution in [0.3, 0.4) is 0 Å². The maximum Gasteiger partial charge on any atom is 0.293 e. The molecule has 2 aromatic carbocycles. The van der Waals surface area contributed by atoms with Gasteiger partial charge in [-0.2, -0.15) is 0 Å². The number of nitrogens with zero attached hydrogens (tertiary/aromatic N) is 1. The van der Waals surface area contributed by atoms with E-state index >= 15 is 0 Å². The lowest BCUT2D eigenvalue weighted by Crippen LogP contribution is -2.36. The molecule has 9 heteroatoms. The number of hydrogen-bond acceptors (Lipinski definition) is 6. The van der Waals surface area contributed by atoms with Crippen LogP contribution in [-0.2, 0) is 10.0 Å². The smallest absolute Gasteiger partial charge is 0.293 e. The Morgan fingerprint density at radius 1 is 1.07 bits per heavy atom. The van der Waals surface area contributed by atoms with E-state index in [2.05, 4.69) is 10.0 Å². The van der Waals surface area contributed by atoms with Gasteiger partial charge in [0.05, 0.1) is 27.7 Å². The summed E-state index contributed by atoms with van der Waals surface area (Å²) in [6, 6.07) is 8.77. The minimum Gasteiger partial charge on any atom is -0.391 e. The van der Waals surface area contributed by atoms with Gasteiger partial charge < -0.3 is 10.4 Å². The second-order valence-corrected chi connectivity index (χ2v) is 9.14. The molecular weight excluding hydrogens is 394 g/mol. The number of aliphatic hydroxyl groups is 1. The Morgan fingerprint density at radius 2 is 1.76 bits per heavy atom. The van der Waals surface area contributed by atoms with E-state index in [-0.39, 0.29) is 22.3 Å². The van der Waals surface area contributed by atoms with Gasteiger partial charge in [-0.15, -0.1) is 0 Å². The third-order valence-electron chi connectivity index (χ3n) is 5.17. The fraction of sp³-hybridized carbons (Fsp3) is 0.400. The first-order valence-corrected chi connectivity index (χ1v) is 11.0. The van der Waals surface area contributed by atoms with Crippen LogP contribution in [0.15, 0.2) is 41.3 Å². The van der Waals surface area contributed by atoms with E-state index < -0.39 is 21.1 Å². The minimum atomic E-state index is -4.00. The lowest BCUT2D eigenvalue weighted by molar-refractivity contribution is -0.384. The quantitative estimate of drug-likeness (QED) is 0.484. The topological polar surface area (TPSA) is 122 Å². The van der Waals surface area contributed by atoms with Gasteiger partial charge in [-0.25, -0.2) is 8.42 Å². The predicted molar refractivity (Wildman–Crippen MR) is 112 cm³/mol. The maximum absolute atomic E-state index is 12.8. The van der Waals surface area contributed by atoms with Crippen LogP contribution in [-0.4, -0.2) is 30.6 Å². The Balaban J connectivity index is 1.89. The number of nitro benzene ring substituents is 1. The fourth-order valence-corrected chi connectivity index (χ4v) is 4.71. The zero-order valence-electron chi connectivity index (χ0n) is 16.4. The van der Waals surface area contributed by atoms with E-state index in [0.717, 1.165) is 30.0 Å². The summed E-state index contributed by atoms with van der Waals surface area (Å²) in [4.78, 5) is 10.7. The SMILES string of the molecule is Cc1ccc(NS(=O)(=O)c2ccc(N[C@H]3CCCC[C@H]3O)c([N+](=O)[O-])c2)c(C)c1. The number of benzene rings is 2. The number of rotatable bonds is 6. The second kappa shape index (κ2) is 8.38. The van der Waals surface area contributed by atoms with Crippen LogP contribution < -0.4 is 10.0 Å². The highest BCUT2D eigenvalue weighted by Gasteiger charge is 2.27. The summed E-state index contributed by atoms with van der Waals surface area (Å²) >= 11 is 0. The van der Waals surface area contributed by atoms with Gasteiger partial charge in [-0.3, -0.25) is 14.8 Å². The van der Waals surface area contributed by atoms with Crippen molar-refractivity contribution in [2.45, 2.75) is 56.6 Å². The lowest BCUT2D eigenvalue weighted by Gasteiger charge is -2.29. The highest BCUT2D eigenvalue weighted by atomic mass is 32.2. The molecule has 0 unspecified atom stereocenters. The first-order valence-electron chi connectivity index (χ1n) is 9.50. The first-order chi connectivity index (χ1) is 13.7. The molecular formula is C20H25N3O5S. The number of anilines is 2. The molecule has 1 aliphatic carbocycles. The molecule has 0 radical (unpaired) electrons. The molecule has 3 N–H and O–H groups in total. The van der Waals surface area contributed by atoms with Crippen molar-refractivity contribution in [1.82, 2.24) is 0 Å². The highest BCUT2D eigenvalue weighted by Crippen LogP contribution is 2.31. The van der Waals surface area contributed by atoms with Gasteiger partial charge in [0.1, 0.15) is 5.69 Å². The largest absolute Gasteiger partial charge is 0.391 e. The van der Waals surface area contributed by atoms with Crippen LogP contribution in [0.5, 0.6) is 0 Å². The number of nitro groups is 1. The number of hydrogen-bond donors (Lipinski definition) is 3. The number of nitrogens with one attached hydrogen (secondary N) is 2. The average molecular weight is 420 g/mol. The van der Waals surface area contributed by atoms with Crippen molar-refractivity contribution in [3.05, 3.63) is 57.6 Å². The van der Waals surface area contributed by atoms with Crippen LogP contribution >= 0.6 is 0 Å². The van der Waals surface area contributed by atoms with Crippen molar-refractivity contribution in [2.24, 2.45) is 0 Å². The molecule has 0 spiro atoms. The minimum absolute atomic E-state index is 0.195. The number of aliphatic hydroxyl groups excluding tert-OH is 1. The first kappa shape index (κ1) is 21.1. The molecule has 0 heterocycles. The zero-order chi connectivity index (χ0) is 21.2.